The van der Waals surface area contributed by atoms with Gasteiger partial charge >= 0.3 is 0 Å². The third-order valence-electron chi connectivity index (χ3n) is 8.75. The van der Waals surface area contributed by atoms with Crippen LogP contribution in [-0.4, -0.2) is 18.4 Å². The van der Waals surface area contributed by atoms with Crippen molar-refractivity contribution < 1.29 is 9.59 Å². The van der Waals surface area contributed by atoms with Crippen molar-refractivity contribution in [2.45, 2.75) is 212 Å². The molecule has 0 aliphatic rings. The number of carbonyl (C=O) groups excluding carboxylic acids is 2. The number of nitrogens with one attached hydrogen (secondary N) is 1. The maximum atomic E-state index is 12.1. The third-order valence-corrected chi connectivity index (χ3v) is 8.75. The van der Waals surface area contributed by atoms with E-state index in [2.05, 4.69) is 36.5 Å². The van der Waals surface area contributed by atoms with Gasteiger partial charge in [0.15, 0.2) is 0 Å². The first-order valence-electron chi connectivity index (χ1n) is 19.5. The van der Waals surface area contributed by atoms with Crippen molar-refractivity contribution in [2.75, 3.05) is 6.54 Å². The normalized spacial score (nSPS) is 11.7. The fraction of sp³-hybridized carbons (Fsp3) is 0.850. The number of rotatable bonds is 36. The second kappa shape index (κ2) is 37.6. The molecule has 0 aromatic rings. The van der Waals surface area contributed by atoms with Gasteiger partial charge in [-0.1, -0.05) is 153 Å². The Morgan fingerprint density at radius 3 is 1.14 bits per heavy atom. The van der Waals surface area contributed by atoms with Crippen molar-refractivity contribution in [3.63, 3.8) is 0 Å². The van der Waals surface area contributed by atoms with Crippen LogP contribution in [0.3, 0.4) is 0 Å². The first-order valence-corrected chi connectivity index (χ1v) is 19.5. The molecule has 0 heterocycles. The van der Waals surface area contributed by atoms with Gasteiger partial charge in [0.2, 0.25) is 11.8 Å². The summed E-state index contributed by atoms with van der Waals surface area (Å²) in [6.45, 7) is 3.14. The minimum atomic E-state index is -0.171. The zero-order valence-electron chi connectivity index (χ0n) is 29.5. The average molecular weight is 617 g/mol. The molecular formula is C40H76N2O2. The number of amides is 2. The molecule has 0 spiro atoms. The van der Waals surface area contributed by atoms with Crippen molar-refractivity contribution in [3.05, 3.63) is 24.3 Å². The predicted octanol–water partition coefficient (Wildman–Crippen LogP) is 12.2. The zero-order valence-corrected chi connectivity index (χ0v) is 29.5. The molecule has 258 valence electrons. The lowest BCUT2D eigenvalue weighted by molar-refractivity contribution is -0.121. The summed E-state index contributed by atoms with van der Waals surface area (Å²) in [6.07, 6.45) is 49.1. The Hall–Kier alpha value is -1.58. The topological polar surface area (TPSA) is 72.2 Å². The number of hydrogen-bond donors (Lipinski definition) is 2. The van der Waals surface area contributed by atoms with Gasteiger partial charge in [0.25, 0.3) is 0 Å². The van der Waals surface area contributed by atoms with Crippen molar-refractivity contribution >= 4 is 11.8 Å². The van der Waals surface area contributed by atoms with Crippen molar-refractivity contribution in [1.29, 1.82) is 0 Å². The number of allylic oxidation sites excluding steroid dienone is 4. The Labute approximate surface area is 275 Å². The second-order valence-electron chi connectivity index (χ2n) is 13.3. The van der Waals surface area contributed by atoms with Crippen molar-refractivity contribution in [3.8, 4) is 0 Å². The minimum Gasteiger partial charge on any atom is -0.370 e. The zero-order chi connectivity index (χ0) is 32.0. The van der Waals surface area contributed by atoms with E-state index in [4.69, 9.17) is 5.73 Å². The van der Waals surface area contributed by atoms with E-state index in [0.29, 0.717) is 12.8 Å². The smallest absolute Gasteiger partial charge is 0.219 e. The highest BCUT2D eigenvalue weighted by Gasteiger charge is 2.01. The second-order valence-corrected chi connectivity index (χ2v) is 13.3. The van der Waals surface area contributed by atoms with E-state index >= 15 is 0 Å². The van der Waals surface area contributed by atoms with Crippen molar-refractivity contribution in [1.82, 2.24) is 5.32 Å². The molecule has 3 N–H and O–H groups in total. The number of carbonyl (C=O) groups is 2. The van der Waals surface area contributed by atoms with Crippen LogP contribution in [-0.2, 0) is 9.59 Å². The molecular weight excluding hydrogens is 540 g/mol. The first-order chi connectivity index (χ1) is 21.7. The van der Waals surface area contributed by atoms with Gasteiger partial charge in [-0.15, -0.1) is 0 Å². The standard InChI is InChI=1S/C40H76N2O2/c1-2-3-4-5-6-7-8-9-10-17-20-23-26-29-32-35-38-42-40(44)37-34-31-28-25-22-19-16-14-12-11-13-15-18-21-24-27-30-33-36-39(41)43/h9-10,13,15H,2-8,11-12,14,16-38H2,1H3,(H2,41,43)(H,42,44). The first kappa shape index (κ1) is 42.4. The average Bonchev–Trinajstić information content (AvgIpc) is 3.01. The van der Waals surface area contributed by atoms with E-state index < -0.39 is 0 Å². The van der Waals surface area contributed by atoms with Gasteiger partial charge in [-0.2, -0.15) is 0 Å². The molecule has 0 radical (unpaired) electrons. The Morgan fingerprint density at radius 1 is 0.432 bits per heavy atom. The summed E-state index contributed by atoms with van der Waals surface area (Å²) >= 11 is 0. The van der Waals surface area contributed by atoms with Gasteiger partial charge in [-0.25, -0.2) is 0 Å². The van der Waals surface area contributed by atoms with Gasteiger partial charge in [0, 0.05) is 19.4 Å². The Bertz CT molecular complexity index is 658. The number of nitrogens with two attached hydrogens (primary N) is 1. The molecule has 0 saturated heterocycles. The molecule has 4 heteroatoms. The van der Waals surface area contributed by atoms with Crippen LogP contribution in [0.5, 0.6) is 0 Å². The van der Waals surface area contributed by atoms with Gasteiger partial charge in [-0.05, 0) is 70.6 Å². The maximum absolute atomic E-state index is 12.1. The predicted molar refractivity (Wildman–Crippen MR) is 194 cm³/mol. The summed E-state index contributed by atoms with van der Waals surface area (Å²) in [6, 6.07) is 0. The van der Waals surface area contributed by atoms with Gasteiger partial charge in [0.05, 0.1) is 0 Å². The minimum absolute atomic E-state index is 0.171. The summed E-state index contributed by atoms with van der Waals surface area (Å²) in [4.78, 5) is 22.8. The molecule has 44 heavy (non-hydrogen) atoms. The Kier molecular flexibility index (Phi) is 36.3. The molecule has 0 aromatic carbocycles. The summed E-state index contributed by atoms with van der Waals surface area (Å²) in [5.41, 5.74) is 5.16. The highest BCUT2D eigenvalue weighted by Crippen LogP contribution is 2.13. The lowest BCUT2D eigenvalue weighted by Gasteiger charge is -2.06. The molecule has 0 unspecified atom stereocenters. The fourth-order valence-electron chi connectivity index (χ4n) is 5.80. The molecule has 2 amide bonds. The quantitative estimate of drug-likeness (QED) is 0.0543. The van der Waals surface area contributed by atoms with E-state index in [1.54, 1.807) is 0 Å². The van der Waals surface area contributed by atoms with Crippen LogP contribution in [0.2, 0.25) is 0 Å². The monoisotopic (exact) mass is 617 g/mol. The summed E-state index contributed by atoms with van der Waals surface area (Å²) in [7, 11) is 0. The Balaban J connectivity index is 3.22. The van der Waals surface area contributed by atoms with Gasteiger partial charge in [-0.3, -0.25) is 9.59 Å². The van der Waals surface area contributed by atoms with Gasteiger partial charge in [0.1, 0.15) is 0 Å². The maximum Gasteiger partial charge on any atom is 0.219 e. The molecule has 0 aromatic heterocycles. The lowest BCUT2D eigenvalue weighted by Crippen LogP contribution is -2.23. The van der Waals surface area contributed by atoms with Crippen LogP contribution >= 0.6 is 0 Å². The highest BCUT2D eigenvalue weighted by atomic mass is 16.1. The van der Waals surface area contributed by atoms with E-state index in [9.17, 15) is 9.59 Å². The largest absolute Gasteiger partial charge is 0.370 e. The molecule has 0 saturated carbocycles. The van der Waals surface area contributed by atoms with Crippen LogP contribution in [0.1, 0.15) is 212 Å². The van der Waals surface area contributed by atoms with Crippen molar-refractivity contribution in [2.24, 2.45) is 5.73 Å². The van der Waals surface area contributed by atoms with Crippen LogP contribution in [0.25, 0.3) is 0 Å². The van der Waals surface area contributed by atoms with Crippen LogP contribution in [0.4, 0.5) is 0 Å². The third kappa shape index (κ3) is 38.4. The van der Waals surface area contributed by atoms with E-state index in [1.807, 2.05) is 0 Å². The fourth-order valence-corrected chi connectivity index (χ4v) is 5.80. The van der Waals surface area contributed by atoms with E-state index in [-0.39, 0.29) is 11.8 Å². The van der Waals surface area contributed by atoms with Crippen LogP contribution in [0.15, 0.2) is 24.3 Å². The number of hydrogen-bond acceptors (Lipinski definition) is 2. The molecule has 0 bridgehead atoms. The molecule has 0 fully saturated rings. The SMILES string of the molecule is CCCCCCCCC=CCCCCCCCCNC(=O)CCCCCCCCCCCC=CCCCCCCCC(N)=O. The Morgan fingerprint density at radius 2 is 0.750 bits per heavy atom. The summed E-state index contributed by atoms with van der Waals surface area (Å²) in [5, 5.41) is 3.13. The van der Waals surface area contributed by atoms with Gasteiger partial charge < -0.3 is 11.1 Å². The van der Waals surface area contributed by atoms with Crippen LogP contribution < -0.4 is 11.1 Å². The van der Waals surface area contributed by atoms with E-state index in [1.165, 1.54) is 167 Å². The molecule has 0 atom stereocenters. The summed E-state index contributed by atoms with van der Waals surface area (Å²) in [5.74, 6) is 0.0823. The number of primary amides is 1. The van der Waals surface area contributed by atoms with E-state index in [0.717, 1.165) is 32.2 Å². The molecule has 0 aliphatic heterocycles. The summed E-state index contributed by atoms with van der Waals surface area (Å²) < 4.78 is 0. The molecule has 4 nitrogen and oxygen atoms in total. The number of unbranched alkanes of at least 4 members (excludes halogenated alkanes) is 26. The highest BCUT2D eigenvalue weighted by molar-refractivity contribution is 5.75. The lowest BCUT2D eigenvalue weighted by atomic mass is 10.1. The van der Waals surface area contributed by atoms with Crippen LogP contribution in [0, 0.1) is 0 Å². The molecule has 0 aliphatic carbocycles. The molecule has 0 rings (SSSR count).